The maximum absolute atomic E-state index is 5.65. The van der Waals surface area contributed by atoms with Gasteiger partial charge in [0.15, 0.2) is 0 Å². The van der Waals surface area contributed by atoms with Crippen LogP contribution in [0.25, 0.3) is 15.9 Å². The van der Waals surface area contributed by atoms with E-state index in [0.717, 1.165) is 21.7 Å². The second kappa shape index (κ2) is 3.70. The molecule has 0 fully saturated rings. The summed E-state index contributed by atoms with van der Waals surface area (Å²) < 4.78 is 6.40. The zero-order valence-corrected chi connectivity index (χ0v) is 9.31. The molecule has 1 aromatic carbocycles. The van der Waals surface area contributed by atoms with Crippen molar-refractivity contribution in [2.75, 3.05) is 0 Å². The fourth-order valence-corrected chi connectivity index (χ4v) is 2.59. The number of rotatable bonds is 2. The van der Waals surface area contributed by atoms with Crippen LogP contribution in [-0.2, 0) is 6.54 Å². The monoisotopic (exact) mass is 230 g/mol. The van der Waals surface area contributed by atoms with Gasteiger partial charge < -0.3 is 5.73 Å². The lowest BCUT2D eigenvalue weighted by atomic mass is 10.2. The summed E-state index contributed by atoms with van der Waals surface area (Å²) in [6, 6.07) is 8.08. The fraction of sp³-hybridized carbons (Fsp3) is 0.0909. The van der Waals surface area contributed by atoms with Crippen molar-refractivity contribution in [1.82, 2.24) is 13.9 Å². The van der Waals surface area contributed by atoms with Crippen LogP contribution in [0.2, 0.25) is 0 Å². The first-order valence-corrected chi connectivity index (χ1v) is 5.74. The Morgan fingerprint density at radius 1 is 1.31 bits per heavy atom. The third kappa shape index (κ3) is 1.33. The smallest absolute Gasteiger partial charge is 0.129 e. The van der Waals surface area contributed by atoms with Crippen molar-refractivity contribution in [2.45, 2.75) is 6.54 Å². The van der Waals surface area contributed by atoms with Gasteiger partial charge in [0.1, 0.15) is 10.8 Å². The Kier molecular flexibility index (Phi) is 2.19. The standard InChI is InChI=1S/C11H10N4S/c12-7-10-13-5-6-15(10)11-8-3-1-2-4-9(8)14-16-11/h1-6H,7,12H2. The Labute approximate surface area is 96.5 Å². The maximum atomic E-state index is 5.65. The van der Waals surface area contributed by atoms with Crippen LogP contribution in [0.4, 0.5) is 0 Å². The maximum Gasteiger partial charge on any atom is 0.129 e. The van der Waals surface area contributed by atoms with Gasteiger partial charge in [-0.05, 0) is 23.7 Å². The van der Waals surface area contributed by atoms with Gasteiger partial charge in [-0.25, -0.2) is 4.98 Å². The average molecular weight is 230 g/mol. The molecule has 2 N–H and O–H groups in total. The molecular weight excluding hydrogens is 220 g/mol. The minimum absolute atomic E-state index is 0.430. The van der Waals surface area contributed by atoms with Gasteiger partial charge in [-0.2, -0.15) is 4.37 Å². The molecule has 16 heavy (non-hydrogen) atoms. The van der Waals surface area contributed by atoms with Crippen molar-refractivity contribution in [3.05, 3.63) is 42.5 Å². The Morgan fingerprint density at radius 2 is 2.19 bits per heavy atom. The van der Waals surface area contributed by atoms with Crippen molar-refractivity contribution in [2.24, 2.45) is 5.73 Å². The molecule has 0 aliphatic carbocycles. The SMILES string of the molecule is NCc1nccn1-c1snc2ccccc12. The molecule has 0 saturated carbocycles. The lowest BCUT2D eigenvalue weighted by Crippen LogP contribution is -2.05. The van der Waals surface area contributed by atoms with Gasteiger partial charge in [-0.1, -0.05) is 12.1 Å². The normalized spacial score (nSPS) is 11.1. The van der Waals surface area contributed by atoms with Crippen LogP contribution in [0.15, 0.2) is 36.7 Å². The molecule has 3 rings (SSSR count). The highest BCUT2D eigenvalue weighted by Crippen LogP contribution is 2.26. The van der Waals surface area contributed by atoms with Crippen LogP contribution in [0.5, 0.6) is 0 Å². The zero-order chi connectivity index (χ0) is 11.0. The summed E-state index contributed by atoms with van der Waals surface area (Å²) in [5.74, 6) is 0.856. The molecule has 2 heterocycles. The molecule has 0 spiro atoms. The quantitative estimate of drug-likeness (QED) is 0.732. The molecule has 0 aliphatic heterocycles. The highest BCUT2D eigenvalue weighted by molar-refractivity contribution is 7.10. The van der Waals surface area contributed by atoms with Gasteiger partial charge in [0.2, 0.25) is 0 Å². The predicted octanol–water partition coefficient (Wildman–Crippen LogP) is 1.94. The number of fused-ring (bicyclic) bond motifs is 1. The van der Waals surface area contributed by atoms with Gasteiger partial charge in [-0.15, -0.1) is 0 Å². The molecule has 2 aromatic heterocycles. The molecule has 3 aromatic rings. The molecular formula is C11H10N4S. The molecule has 0 saturated heterocycles. The fourth-order valence-electron chi connectivity index (χ4n) is 1.72. The van der Waals surface area contributed by atoms with Crippen LogP contribution in [0.1, 0.15) is 5.82 Å². The molecule has 80 valence electrons. The van der Waals surface area contributed by atoms with Crippen molar-refractivity contribution in [1.29, 1.82) is 0 Å². The van der Waals surface area contributed by atoms with E-state index < -0.39 is 0 Å². The number of nitrogens with two attached hydrogens (primary N) is 1. The first kappa shape index (κ1) is 9.50. The van der Waals surface area contributed by atoms with Crippen LogP contribution >= 0.6 is 11.5 Å². The lowest BCUT2D eigenvalue weighted by molar-refractivity contribution is 0.879. The molecule has 5 heteroatoms. The van der Waals surface area contributed by atoms with E-state index in [9.17, 15) is 0 Å². The second-order valence-corrected chi connectivity index (χ2v) is 4.17. The van der Waals surface area contributed by atoms with E-state index in [4.69, 9.17) is 5.73 Å². The van der Waals surface area contributed by atoms with E-state index >= 15 is 0 Å². The molecule has 4 nitrogen and oxygen atoms in total. The Balaban J connectivity index is 2.26. The minimum Gasteiger partial charge on any atom is -0.324 e. The predicted molar refractivity (Wildman–Crippen MR) is 64.6 cm³/mol. The van der Waals surface area contributed by atoms with Crippen molar-refractivity contribution in [3.63, 3.8) is 0 Å². The van der Waals surface area contributed by atoms with E-state index in [-0.39, 0.29) is 0 Å². The van der Waals surface area contributed by atoms with Gasteiger partial charge in [-0.3, -0.25) is 4.57 Å². The molecule has 0 bridgehead atoms. The van der Waals surface area contributed by atoms with Gasteiger partial charge >= 0.3 is 0 Å². The van der Waals surface area contributed by atoms with Crippen LogP contribution in [-0.4, -0.2) is 13.9 Å². The first-order valence-electron chi connectivity index (χ1n) is 4.97. The molecule has 0 aliphatic rings. The van der Waals surface area contributed by atoms with Crippen molar-refractivity contribution in [3.8, 4) is 5.00 Å². The molecule has 0 unspecified atom stereocenters. The van der Waals surface area contributed by atoms with E-state index in [1.54, 1.807) is 6.20 Å². The number of nitrogens with zero attached hydrogens (tertiary/aromatic N) is 3. The lowest BCUT2D eigenvalue weighted by Gasteiger charge is -2.02. The minimum atomic E-state index is 0.430. The number of aromatic nitrogens is 3. The van der Waals surface area contributed by atoms with Crippen LogP contribution < -0.4 is 5.73 Å². The summed E-state index contributed by atoms with van der Waals surface area (Å²) in [6.07, 6.45) is 3.68. The van der Waals surface area contributed by atoms with E-state index in [1.807, 2.05) is 29.0 Å². The summed E-state index contributed by atoms with van der Waals surface area (Å²) in [5.41, 5.74) is 6.66. The average Bonchev–Trinajstić information content (AvgIpc) is 2.94. The van der Waals surface area contributed by atoms with Gasteiger partial charge in [0.05, 0.1) is 12.1 Å². The highest BCUT2D eigenvalue weighted by atomic mass is 32.1. The largest absolute Gasteiger partial charge is 0.324 e. The van der Waals surface area contributed by atoms with Crippen molar-refractivity contribution < 1.29 is 0 Å². The number of hydrogen-bond donors (Lipinski definition) is 1. The summed E-state index contributed by atoms with van der Waals surface area (Å²) in [7, 11) is 0. The van der Waals surface area contributed by atoms with E-state index in [1.165, 1.54) is 11.5 Å². The van der Waals surface area contributed by atoms with E-state index in [0.29, 0.717) is 6.54 Å². The first-order chi connectivity index (χ1) is 7.90. The Morgan fingerprint density at radius 3 is 3.06 bits per heavy atom. The highest BCUT2D eigenvalue weighted by Gasteiger charge is 2.09. The number of benzene rings is 1. The summed E-state index contributed by atoms with van der Waals surface area (Å²) >= 11 is 1.47. The summed E-state index contributed by atoms with van der Waals surface area (Å²) in [6.45, 7) is 0.430. The Bertz CT molecular complexity index is 625. The summed E-state index contributed by atoms with van der Waals surface area (Å²) in [4.78, 5) is 4.21. The van der Waals surface area contributed by atoms with Crippen molar-refractivity contribution >= 4 is 22.4 Å². The molecule has 0 atom stereocenters. The van der Waals surface area contributed by atoms with E-state index in [2.05, 4.69) is 15.4 Å². The topological polar surface area (TPSA) is 56.7 Å². The third-order valence-corrected chi connectivity index (χ3v) is 3.36. The second-order valence-electron chi connectivity index (χ2n) is 3.42. The third-order valence-electron chi connectivity index (χ3n) is 2.48. The number of imidazole rings is 1. The Hall–Kier alpha value is -1.72. The van der Waals surface area contributed by atoms with Gasteiger partial charge in [0.25, 0.3) is 0 Å². The van der Waals surface area contributed by atoms with Crippen LogP contribution in [0, 0.1) is 0 Å². The van der Waals surface area contributed by atoms with Crippen LogP contribution in [0.3, 0.4) is 0 Å². The van der Waals surface area contributed by atoms with Gasteiger partial charge in [0, 0.05) is 17.8 Å². The number of hydrogen-bond acceptors (Lipinski definition) is 4. The molecule has 0 amide bonds. The molecule has 0 radical (unpaired) electrons. The summed E-state index contributed by atoms with van der Waals surface area (Å²) in [5, 5.41) is 2.22. The zero-order valence-electron chi connectivity index (χ0n) is 8.50.